The van der Waals surface area contributed by atoms with Gasteiger partial charge >= 0.3 is 0 Å². The van der Waals surface area contributed by atoms with Crippen molar-refractivity contribution in [3.63, 3.8) is 0 Å². The fourth-order valence-corrected chi connectivity index (χ4v) is 3.96. The average Bonchev–Trinajstić information content (AvgIpc) is 2.85. The van der Waals surface area contributed by atoms with Crippen LogP contribution in [0.4, 0.5) is 4.39 Å². The lowest BCUT2D eigenvalue weighted by Crippen LogP contribution is -2.54. The van der Waals surface area contributed by atoms with Crippen LogP contribution in [0.3, 0.4) is 0 Å². The van der Waals surface area contributed by atoms with Crippen LogP contribution in [-0.4, -0.2) is 55.4 Å². The van der Waals surface area contributed by atoms with Crippen molar-refractivity contribution < 1.29 is 23.5 Å². The van der Waals surface area contributed by atoms with Crippen LogP contribution in [0.1, 0.15) is 46.9 Å². The minimum absolute atomic E-state index is 0.124. The molecule has 7 nitrogen and oxygen atoms in total. The van der Waals surface area contributed by atoms with Gasteiger partial charge in [-0.05, 0) is 67.6 Å². The largest absolute Gasteiger partial charge is 0.497 e. The number of hydrogen-bond donors (Lipinski definition) is 2. The third-order valence-electron chi connectivity index (χ3n) is 5.84. The average molecular weight is 456 g/mol. The van der Waals surface area contributed by atoms with Crippen LogP contribution < -0.4 is 15.4 Å². The number of amides is 3. The summed E-state index contributed by atoms with van der Waals surface area (Å²) in [6, 6.07) is 11.6. The molecule has 0 spiro atoms. The number of ether oxygens (including phenoxy) is 1. The SMILES string of the molecule is CCCNC(=O)C(NC(=O)c1ccc(OC)cc1)C1CCN(C(=O)c2cccc(F)c2)CC1. The van der Waals surface area contributed by atoms with Crippen LogP contribution >= 0.6 is 0 Å². The van der Waals surface area contributed by atoms with Crippen LogP contribution in [0, 0.1) is 11.7 Å². The van der Waals surface area contributed by atoms with Gasteiger partial charge in [0.2, 0.25) is 5.91 Å². The molecule has 0 radical (unpaired) electrons. The predicted molar refractivity (Wildman–Crippen MR) is 123 cm³/mol. The summed E-state index contributed by atoms with van der Waals surface area (Å²) < 4.78 is 18.6. The topological polar surface area (TPSA) is 87.7 Å². The summed E-state index contributed by atoms with van der Waals surface area (Å²) >= 11 is 0. The van der Waals surface area contributed by atoms with E-state index in [1.165, 1.54) is 18.2 Å². The van der Waals surface area contributed by atoms with Gasteiger partial charge in [-0.2, -0.15) is 0 Å². The lowest BCUT2D eigenvalue weighted by Gasteiger charge is -2.36. The normalized spacial score (nSPS) is 14.9. The van der Waals surface area contributed by atoms with Crippen molar-refractivity contribution in [1.29, 1.82) is 0 Å². The van der Waals surface area contributed by atoms with Gasteiger partial charge < -0.3 is 20.3 Å². The molecular formula is C25H30FN3O4. The van der Waals surface area contributed by atoms with Crippen molar-refractivity contribution >= 4 is 17.7 Å². The first-order valence-electron chi connectivity index (χ1n) is 11.2. The van der Waals surface area contributed by atoms with Gasteiger partial charge in [-0.1, -0.05) is 13.0 Å². The predicted octanol–water partition coefficient (Wildman–Crippen LogP) is 3.01. The van der Waals surface area contributed by atoms with E-state index in [4.69, 9.17) is 4.74 Å². The lowest BCUT2D eigenvalue weighted by molar-refractivity contribution is -0.124. The highest BCUT2D eigenvalue weighted by Crippen LogP contribution is 2.23. The van der Waals surface area contributed by atoms with Gasteiger partial charge in [0.1, 0.15) is 17.6 Å². The third-order valence-corrected chi connectivity index (χ3v) is 5.84. The number of methoxy groups -OCH3 is 1. The molecule has 3 rings (SSSR count). The number of carbonyl (C=O) groups excluding carboxylic acids is 3. The molecule has 1 fully saturated rings. The van der Waals surface area contributed by atoms with Crippen LogP contribution in [0.2, 0.25) is 0 Å². The van der Waals surface area contributed by atoms with Gasteiger partial charge in [0, 0.05) is 30.8 Å². The van der Waals surface area contributed by atoms with Gasteiger partial charge in [0.15, 0.2) is 0 Å². The molecule has 1 heterocycles. The molecule has 0 aliphatic carbocycles. The first-order valence-corrected chi connectivity index (χ1v) is 11.2. The molecule has 1 aliphatic heterocycles. The van der Waals surface area contributed by atoms with Crippen LogP contribution in [0.15, 0.2) is 48.5 Å². The Labute approximate surface area is 193 Å². The van der Waals surface area contributed by atoms with Gasteiger partial charge in [0.05, 0.1) is 7.11 Å². The smallest absolute Gasteiger partial charge is 0.253 e. The van der Waals surface area contributed by atoms with Gasteiger partial charge in [0.25, 0.3) is 11.8 Å². The van der Waals surface area contributed by atoms with E-state index in [1.54, 1.807) is 42.3 Å². The van der Waals surface area contributed by atoms with E-state index in [0.717, 1.165) is 6.42 Å². The molecule has 2 aromatic rings. The Morgan fingerprint density at radius 3 is 2.39 bits per heavy atom. The van der Waals surface area contributed by atoms with E-state index < -0.39 is 11.9 Å². The minimum atomic E-state index is -0.711. The number of likely N-dealkylation sites (tertiary alicyclic amines) is 1. The van der Waals surface area contributed by atoms with E-state index in [1.807, 2.05) is 6.92 Å². The molecule has 2 N–H and O–H groups in total. The zero-order valence-corrected chi connectivity index (χ0v) is 19.0. The summed E-state index contributed by atoms with van der Waals surface area (Å²) in [4.78, 5) is 40.1. The maximum absolute atomic E-state index is 13.5. The number of benzene rings is 2. The van der Waals surface area contributed by atoms with Crippen LogP contribution in [0.5, 0.6) is 5.75 Å². The summed E-state index contributed by atoms with van der Waals surface area (Å²) in [6.07, 6.45) is 1.88. The highest BCUT2D eigenvalue weighted by atomic mass is 19.1. The number of halogens is 1. The molecule has 2 aromatic carbocycles. The molecule has 3 amide bonds. The zero-order valence-electron chi connectivity index (χ0n) is 19.0. The van der Waals surface area contributed by atoms with Crippen molar-refractivity contribution in [2.45, 2.75) is 32.2 Å². The molecule has 0 saturated carbocycles. The fraction of sp³-hybridized carbons (Fsp3) is 0.400. The summed E-state index contributed by atoms with van der Waals surface area (Å²) in [5, 5.41) is 5.76. The van der Waals surface area contributed by atoms with E-state index in [0.29, 0.717) is 49.4 Å². The van der Waals surface area contributed by atoms with E-state index >= 15 is 0 Å². The number of nitrogens with one attached hydrogen (secondary N) is 2. The van der Waals surface area contributed by atoms with E-state index in [-0.39, 0.29) is 23.6 Å². The van der Waals surface area contributed by atoms with E-state index in [2.05, 4.69) is 10.6 Å². The first-order chi connectivity index (χ1) is 15.9. The second kappa shape index (κ2) is 11.4. The Balaban J connectivity index is 1.67. The quantitative estimate of drug-likeness (QED) is 0.641. The molecule has 1 aliphatic rings. The maximum Gasteiger partial charge on any atom is 0.253 e. The number of rotatable bonds is 8. The van der Waals surface area contributed by atoms with Crippen LogP contribution in [-0.2, 0) is 4.79 Å². The Kier molecular flexibility index (Phi) is 8.40. The molecule has 8 heteroatoms. The number of carbonyl (C=O) groups is 3. The summed E-state index contributed by atoms with van der Waals surface area (Å²) in [5.74, 6) is -0.743. The van der Waals surface area contributed by atoms with Gasteiger partial charge in [-0.3, -0.25) is 14.4 Å². The third kappa shape index (κ3) is 6.31. The van der Waals surface area contributed by atoms with Crippen molar-refractivity contribution in [3.8, 4) is 5.75 Å². The highest BCUT2D eigenvalue weighted by molar-refractivity contribution is 5.98. The number of nitrogens with zero attached hydrogens (tertiary/aromatic N) is 1. The first kappa shape index (κ1) is 24.2. The zero-order chi connectivity index (χ0) is 23.8. The second-order valence-electron chi connectivity index (χ2n) is 8.11. The van der Waals surface area contributed by atoms with Crippen molar-refractivity contribution in [3.05, 3.63) is 65.5 Å². The fourth-order valence-electron chi connectivity index (χ4n) is 3.96. The Hall–Kier alpha value is -3.42. The van der Waals surface area contributed by atoms with Crippen molar-refractivity contribution in [2.75, 3.05) is 26.7 Å². The molecule has 1 atom stereocenters. The standard InChI is InChI=1S/C25H30FN3O4/c1-3-13-27-24(31)22(28-23(30)18-7-9-21(33-2)10-8-18)17-11-14-29(15-12-17)25(32)19-5-4-6-20(26)16-19/h4-10,16-17,22H,3,11-15H2,1-2H3,(H,27,31)(H,28,30). The lowest BCUT2D eigenvalue weighted by atomic mass is 9.88. The van der Waals surface area contributed by atoms with Gasteiger partial charge in [-0.15, -0.1) is 0 Å². The van der Waals surface area contributed by atoms with Crippen LogP contribution in [0.25, 0.3) is 0 Å². The van der Waals surface area contributed by atoms with E-state index in [9.17, 15) is 18.8 Å². The Bertz CT molecular complexity index is 972. The minimum Gasteiger partial charge on any atom is -0.497 e. The highest BCUT2D eigenvalue weighted by Gasteiger charge is 2.34. The molecule has 0 aromatic heterocycles. The van der Waals surface area contributed by atoms with Gasteiger partial charge in [-0.25, -0.2) is 4.39 Å². The van der Waals surface area contributed by atoms with Crippen molar-refractivity contribution in [2.24, 2.45) is 5.92 Å². The Morgan fingerprint density at radius 1 is 1.09 bits per heavy atom. The summed E-state index contributed by atoms with van der Waals surface area (Å²) in [7, 11) is 1.55. The summed E-state index contributed by atoms with van der Waals surface area (Å²) in [6.45, 7) is 3.33. The molecular weight excluding hydrogens is 425 g/mol. The molecule has 33 heavy (non-hydrogen) atoms. The molecule has 176 valence electrons. The van der Waals surface area contributed by atoms with Crippen molar-refractivity contribution in [1.82, 2.24) is 15.5 Å². The Morgan fingerprint density at radius 2 is 1.79 bits per heavy atom. The maximum atomic E-state index is 13.5. The summed E-state index contributed by atoms with van der Waals surface area (Å²) in [5.41, 5.74) is 0.737. The second-order valence-corrected chi connectivity index (χ2v) is 8.11. The number of piperidine rings is 1. The molecule has 0 bridgehead atoms. The molecule has 1 unspecified atom stereocenters. The number of hydrogen-bond acceptors (Lipinski definition) is 4. The monoisotopic (exact) mass is 455 g/mol. The molecule has 1 saturated heterocycles.